The van der Waals surface area contributed by atoms with Gasteiger partial charge in [0.25, 0.3) is 0 Å². The van der Waals surface area contributed by atoms with Gasteiger partial charge in [0.2, 0.25) is 0 Å². The second-order valence-corrected chi connectivity index (χ2v) is 7.14. The van der Waals surface area contributed by atoms with Gasteiger partial charge in [0.1, 0.15) is 18.1 Å². The van der Waals surface area contributed by atoms with E-state index in [1.807, 2.05) is 48.7 Å². The van der Waals surface area contributed by atoms with Gasteiger partial charge in [-0.3, -0.25) is 4.98 Å². The number of nitrogens with one attached hydrogen (secondary N) is 1. The molecule has 0 spiro atoms. The van der Waals surface area contributed by atoms with Gasteiger partial charge in [-0.2, -0.15) is 0 Å². The molecule has 1 unspecified atom stereocenters. The van der Waals surface area contributed by atoms with E-state index in [2.05, 4.69) is 47.5 Å². The van der Waals surface area contributed by atoms with E-state index >= 15 is 0 Å². The number of likely N-dealkylation sites (N-methyl/N-ethyl adjacent to an activating group) is 1. The number of halogens is 1. The fourth-order valence-electron chi connectivity index (χ4n) is 3.20. The summed E-state index contributed by atoms with van der Waals surface area (Å²) in [6, 6.07) is 20.6. The summed E-state index contributed by atoms with van der Waals surface area (Å²) in [5.74, 6) is 1.77. The zero-order valence-corrected chi connectivity index (χ0v) is 18.6. The first-order chi connectivity index (χ1) is 14.2. The van der Waals surface area contributed by atoms with E-state index in [0.29, 0.717) is 6.61 Å². The van der Waals surface area contributed by atoms with Crippen LogP contribution in [-0.4, -0.2) is 37.6 Å². The number of ether oxygens (including phenoxy) is 2. The number of rotatable bonds is 10. The van der Waals surface area contributed by atoms with Crippen LogP contribution in [0.5, 0.6) is 11.5 Å². The molecule has 1 atom stereocenters. The first-order valence-electron chi connectivity index (χ1n) is 9.78. The van der Waals surface area contributed by atoms with Gasteiger partial charge in [0.15, 0.2) is 0 Å². The van der Waals surface area contributed by atoms with Crippen LogP contribution in [0.2, 0.25) is 0 Å². The Morgan fingerprint density at radius 2 is 1.77 bits per heavy atom. The molecule has 5 nitrogen and oxygen atoms in total. The Labute approximate surface area is 185 Å². The minimum Gasteiger partial charge on any atom is -0.497 e. The molecule has 0 saturated heterocycles. The highest BCUT2D eigenvalue weighted by Gasteiger charge is 2.14. The molecule has 1 N–H and O–H groups in total. The highest BCUT2D eigenvalue weighted by Crippen LogP contribution is 2.22. The number of hydrogen-bond acceptors (Lipinski definition) is 5. The van der Waals surface area contributed by atoms with Crippen molar-refractivity contribution in [3.8, 4) is 11.5 Å². The highest BCUT2D eigenvalue weighted by atomic mass is 35.5. The van der Waals surface area contributed by atoms with Crippen molar-refractivity contribution in [3.05, 3.63) is 89.7 Å². The fraction of sp³-hybridized carbons (Fsp3) is 0.292. The van der Waals surface area contributed by atoms with Gasteiger partial charge < -0.3 is 19.7 Å². The molecule has 3 aromatic rings. The lowest BCUT2D eigenvalue weighted by atomic mass is 10.1. The number of pyridine rings is 1. The summed E-state index contributed by atoms with van der Waals surface area (Å²) in [6.07, 6.45) is 3.60. The van der Waals surface area contributed by atoms with E-state index in [4.69, 9.17) is 9.47 Å². The minimum absolute atomic E-state index is 0. The molecular weight excluding hydrogens is 398 g/mol. The molecule has 0 bridgehead atoms. The van der Waals surface area contributed by atoms with E-state index in [0.717, 1.165) is 35.7 Å². The Morgan fingerprint density at radius 1 is 1.00 bits per heavy atom. The van der Waals surface area contributed by atoms with E-state index < -0.39 is 0 Å². The van der Waals surface area contributed by atoms with E-state index in [1.165, 1.54) is 5.56 Å². The van der Waals surface area contributed by atoms with Gasteiger partial charge in [0.05, 0.1) is 7.11 Å². The summed E-state index contributed by atoms with van der Waals surface area (Å²) >= 11 is 0. The van der Waals surface area contributed by atoms with Gasteiger partial charge in [-0.25, -0.2) is 0 Å². The molecule has 0 aliphatic carbocycles. The van der Waals surface area contributed by atoms with Crippen LogP contribution >= 0.6 is 12.4 Å². The molecule has 0 aliphatic heterocycles. The normalized spacial score (nSPS) is 11.6. The third kappa shape index (κ3) is 6.73. The minimum atomic E-state index is 0. The Balaban J connectivity index is 0.00000320. The molecular formula is C24H30ClN3O2. The molecule has 0 amide bonds. The number of nitrogens with zero attached hydrogens (tertiary/aromatic N) is 2. The lowest BCUT2D eigenvalue weighted by Crippen LogP contribution is -2.30. The Kier molecular flexibility index (Phi) is 9.61. The third-order valence-electron chi connectivity index (χ3n) is 4.87. The van der Waals surface area contributed by atoms with E-state index in [1.54, 1.807) is 13.3 Å². The van der Waals surface area contributed by atoms with Gasteiger partial charge in [-0.15, -0.1) is 12.4 Å². The SMILES string of the molecule is COc1ccc(C(CNCc2ccccc2OCc2cccnc2)N(C)C)cc1.Cl. The maximum absolute atomic E-state index is 6.03. The zero-order chi connectivity index (χ0) is 20.5. The van der Waals surface area contributed by atoms with E-state index in [-0.39, 0.29) is 18.4 Å². The smallest absolute Gasteiger partial charge is 0.124 e. The first-order valence-corrected chi connectivity index (χ1v) is 9.78. The van der Waals surface area contributed by atoms with Crippen LogP contribution in [0, 0.1) is 0 Å². The van der Waals surface area contributed by atoms with Crippen molar-refractivity contribution in [2.45, 2.75) is 19.2 Å². The van der Waals surface area contributed by atoms with E-state index in [9.17, 15) is 0 Å². The van der Waals surface area contributed by atoms with Gasteiger partial charge in [-0.1, -0.05) is 36.4 Å². The van der Waals surface area contributed by atoms with Crippen LogP contribution in [-0.2, 0) is 13.2 Å². The summed E-state index contributed by atoms with van der Waals surface area (Å²) in [4.78, 5) is 6.36. The first kappa shape index (κ1) is 23.7. The average Bonchev–Trinajstić information content (AvgIpc) is 2.76. The number of para-hydroxylation sites is 1. The van der Waals surface area contributed by atoms with Crippen molar-refractivity contribution in [1.29, 1.82) is 0 Å². The zero-order valence-electron chi connectivity index (χ0n) is 17.7. The Hall–Kier alpha value is -2.60. The molecule has 0 saturated carbocycles. The molecule has 3 rings (SSSR count). The lowest BCUT2D eigenvalue weighted by molar-refractivity contribution is 0.284. The number of methoxy groups -OCH3 is 1. The molecule has 1 aromatic heterocycles. The summed E-state index contributed by atoms with van der Waals surface area (Å²) in [6.45, 7) is 2.08. The number of hydrogen-bond donors (Lipinski definition) is 1. The Bertz CT molecular complexity index is 873. The quantitative estimate of drug-likeness (QED) is 0.516. The van der Waals surface area contributed by atoms with Gasteiger partial charge in [-0.05, 0) is 43.9 Å². The predicted octanol–water partition coefficient (Wildman–Crippen LogP) is 4.48. The molecule has 0 radical (unpaired) electrons. The molecule has 30 heavy (non-hydrogen) atoms. The summed E-state index contributed by atoms with van der Waals surface area (Å²) in [5, 5.41) is 3.58. The molecule has 0 aliphatic rings. The third-order valence-corrected chi connectivity index (χ3v) is 4.87. The van der Waals surface area contributed by atoms with Crippen molar-refractivity contribution in [1.82, 2.24) is 15.2 Å². The average molecular weight is 428 g/mol. The Morgan fingerprint density at radius 3 is 2.43 bits per heavy atom. The second kappa shape index (κ2) is 12.2. The van der Waals surface area contributed by atoms with Crippen molar-refractivity contribution < 1.29 is 9.47 Å². The van der Waals surface area contributed by atoms with Crippen molar-refractivity contribution >= 4 is 12.4 Å². The number of aromatic nitrogens is 1. The molecule has 1 heterocycles. The molecule has 160 valence electrons. The predicted molar refractivity (Wildman–Crippen MR) is 123 cm³/mol. The summed E-state index contributed by atoms with van der Waals surface area (Å²) < 4.78 is 11.3. The second-order valence-electron chi connectivity index (χ2n) is 7.14. The largest absolute Gasteiger partial charge is 0.497 e. The molecule has 6 heteroatoms. The van der Waals surface area contributed by atoms with Crippen LogP contribution < -0.4 is 14.8 Å². The summed E-state index contributed by atoms with van der Waals surface area (Å²) in [5.41, 5.74) is 3.45. The van der Waals surface area contributed by atoms with Crippen LogP contribution in [0.3, 0.4) is 0 Å². The van der Waals surface area contributed by atoms with Crippen LogP contribution in [0.15, 0.2) is 73.1 Å². The fourth-order valence-corrected chi connectivity index (χ4v) is 3.20. The maximum Gasteiger partial charge on any atom is 0.124 e. The summed E-state index contributed by atoms with van der Waals surface area (Å²) in [7, 11) is 5.89. The lowest BCUT2D eigenvalue weighted by Gasteiger charge is -2.25. The highest BCUT2D eigenvalue weighted by molar-refractivity contribution is 5.85. The monoisotopic (exact) mass is 427 g/mol. The van der Waals surface area contributed by atoms with Crippen LogP contribution in [0.4, 0.5) is 0 Å². The van der Waals surface area contributed by atoms with Crippen molar-refractivity contribution in [3.63, 3.8) is 0 Å². The maximum atomic E-state index is 6.03. The van der Waals surface area contributed by atoms with Gasteiger partial charge >= 0.3 is 0 Å². The molecule has 2 aromatic carbocycles. The van der Waals surface area contributed by atoms with Crippen LogP contribution in [0.25, 0.3) is 0 Å². The van der Waals surface area contributed by atoms with Crippen molar-refractivity contribution in [2.75, 3.05) is 27.7 Å². The number of benzene rings is 2. The molecule has 0 fully saturated rings. The van der Waals surface area contributed by atoms with Gasteiger partial charge in [0, 0.05) is 42.7 Å². The topological polar surface area (TPSA) is 46.6 Å². The van der Waals surface area contributed by atoms with Crippen molar-refractivity contribution in [2.24, 2.45) is 0 Å². The standard InChI is InChI=1S/C24H29N3O2.ClH/c1-27(2)23(20-10-12-22(28-3)13-11-20)17-26-16-21-8-4-5-9-24(21)29-18-19-7-6-14-25-15-19;/h4-15,23,26H,16-18H2,1-3H3;1H. The van der Waals surface area contributed by atoms with Crippen LogP contribution in [0.1, 0.15) is 22.7 Å².